The Morgan fingerprint density at radius 2 is 2.19 bits per heavy atom. The molecule has 2 heterocycles. The van der Waals surface area contributed by atoms with Gasteiger partial charge in [-0.15, -0.1) is 11.3 Å². The predicted molar refractivity (Wildman–Crippen MR) is 86.5 cm³/mol. The van der Waals surface area contributed by atoms with E-state index in [9.17, 15) is 4.79 Å². The first kappa shape index (κ1) is 14.1. The van der Waals surface area contributed by atoms with Crippen LogP contribution in [0.2, 0.25) is 0 Å². The van der Waals surface area contributed by atoms with E-state index in [0.29, 0.717) is 16.5 Å². The average Bonchev–Trinajstić information content (AvgIpc) is 2.92. The van der Waals surface area contributed by atoms with Crippen LogP contribution in [-0.2, 0) is 0 Å². The summed E-state index contributed by atoms with van der Waals surface area (Å²) in [4.78, 5) is 12.6. The minimum absolute atomic E-state index is 0.0988. The highest BCUT2D eigenvalue weighted by Gasteiger charge is 2.29. The lowest BCUT2D eigenvalue weighted by molar-refractivity contribution is 0.0739. The van der Waals surface area contributed by atoms with Gasteiger partial charge in [0.1, 0.15) is 10.6 Å². The van der Waals surface area contributed by atoms with Crippen LogP contribution >= 0.6 is 11.3 Å². The van der Waals surface area contributed by atoms with Crippen LogP contribution in [0.4, 0.5) is 5.69 Å². The lowest BCUT2D eigenvalue weighted by Gasteiger charge is -2.37. The Bertz CT molecular complexity index is 661. The van der Waals surface area contributed by atoms with Crippen LogP contribution in [0.3, 0.4) is 0 Å². The molecule has 0 saturated carbocycles. The molecule has 4 heteroatoms. The first-order valence-corrected chi connectivity index (χ1v) is 8.00. The van der Waals surface area contributed by atoms with E-state index in [1.54, 1.807) is 6.07 Å². The van der Waals surface area contributed by atoms with Gasteiger partial charge in [0.15, 0.2) is 0 Å². The van der Waals surface area contributed by atoms with E-state index in [1.807, 2.05) is 29.6 Å². The fraction of sp³-hybridized carbons (Fsp3) is 0.353. The Kier molecular flexibility index (Phi) is 3.49. The molecule has 0 saturated heterocycles. The molecule has 1 aliphatic heterocycles. The zero-order valence-electron chi connectivity index (χ0n) is 12.5. The molecule has 0 bridgehead atoms. The second-order valence-corrected chi connectivity index (χ2v) is 7.18. The van der Waals surface area contributed by atoms with Crippen LogP contribution in [0.5, 0.6) is 5.75 Å². The summed E-state index contributed by atoms with van der Waals surface area (Å²) in [6, 6.07) is 9.46. The van der Waals surface area contributed by atoms with Crippen molar-refractivity contribution in [2.45, 2.75) is 38.6 Å². The second kappa shape index (κ2) is 5.19. The van der Waals surface area contributed by atoms with Gasteiger partial charge >= 0.3 is 5.97 Å². The molecular weight excluding hydrogens is 282 g/mol. The summed E-state index contributed by atoms with van der Waals surface area (Å²) in [5.74, 6) is 0.763. The van der Waals surface area contributed by atoms with Crippen molar-refractivity contribution in [2.75, 3.05) is 5.32 Å². The Morgan fingerprint density at radius 3 is 2.90 bits per heavy atom. The van der Waals surface area contributed by atoms with Gasteiger partial charge in [-0.1, -0.05) is 13.0 Å². The number of carbonyl (C=O) groups is 1. The number of benzene rings is 1. The van der Waals surface area contributed by atoms with Crippen LogP contribution in [0.25, 0.3) is 0 Å². The van der Waals surface area contributed by atoms with Crippen LogP contribution in [0.1, 0.15) is 48.3 Å². The van der Waals surface area contributed by atoms with E-state index in [2.05, 4.69) is 26.1 Å². The Labute approximate surface area is 129 Å². The summed E-state index contributed by atoms with van der Waals surface area (Å²) < 4.78 is 5.47. The smallest absolute Gasteiger partial charge is 0.353 e. The molecule has 1 N–H and O–H groups in total. The molecule has 1 atom stereocenters. The number of esters is 1. The van der Waals surface area contributed by atoms with Gasteiger partial charge < -0.3 is 10.1 Å². The highest BCUT2D eigenvalue weighted by atomic mass is 32.1. The molecule has 0 aliphatic carbocycles. The van der Waals surface area contributed by atoms with Gasteiger partial charge in [0.2, 0.25) is 0 Å². The van der Waals surface area contributed by atoms with Crippen LogP contribution in [0, 0.1) is 0 Å². The number of thiophene rings is 1. The molecule has 110 valence electrons. The Hall–Kier alpha value is -1.81. The first-order valence-electron chi connectivity index (χ1n) is 7.12. The third-order valence-electron chi connectivity index (χ3n) is 3.78. The quantitative estimate of drug-likeness (QED) is 0.647. The van der Waals surface area contributed by atoms with Crippen molar-refractivity contribution in [1.82, 2.24) is 0 Å². The number of fused-ring (bicyclic) bond motifs is 1. The van der Waals surface area contributed by atoms with E-state index in [1.165, 1.54) is 16.9 Å². The summed E-state index contributed by atoms with van der Waals surface area (Å²) in [6.45, 7) is 6.63. The van der Waals surface area contributed by atoms with E-state index in [0.717, 1.165) is 12.1 Å². The Balaban J connectivity index is 1.83. The highest BCUT2D eigenvalue weighted by molar-refractivity contribution is 7.12. The van der Waals surface area contributed by atoms with E-state index in [-0.39, 0.29) is 11.5 Å². The van der Waals surface area contributed by atoms with Crippen LogP contribution in [0.15, 0.2) is 35.7 Å². The van der Waals surface area contributed by atoms with Crippen LogP contribution in [-0.4, -0.2) is 11.5 Å². The van der Waals surface area contributed by atoms with Crippen molar-refractivity contribution >= 4 is 23.0 Å². The van der Waals surface area contributed by atoms with E-state index >= 15 is 0 Å². The van der Waals surface area contributed by atoms with Crippen molar-refractivity contribution in [1.29, 1.82) is 0 Å². The van der Waals surface area contributed by atoms with Crippen molar-refractivity contribution in [3.8, 4) is 5.75 Å². The molecule has 1 aromatic carbocycles. The molecule has 3 rings (SSSR count). The van der Waals surface area contributed by atoms with Gasteiger partial charge in [-0.05, 0) is 61.4 Å². The topological polar surface area (TPSA) is 38.3 Å². The molecule has 0 spiro atoms. The summed E-state index contributed by atoms with van der Waals surface area (Å²) in [5, 5.41) is 5.41. The maximum Gasteiger partial charge on any atom is 0.353 e. The second-order valence-electron chi connectivity index (χ2n) is 6.23. The molecule has 2 aromatic rings. The number of anilines is 1. The molecule has 0 unspecified atom stereocenters. The average molecular weight is 301 g/mol. The number of nitrogens with one attached hydrogen (secondary N) is 1. The molecular formula is C17H19NO2S. The minimum atomic E-state index is -0.290. The Morgan fingerprint density at radius 1 is 1.38 bits per heavy atom. The van der Waals surface area contributed by atoms with Gasteiger partial charge in [0.05, 0.1) is 0 Å². The number of ether oxygens (including phenoxy) is 1. The SMILES string of the molecule is C[C@H]1CC(C)(C)Nc2ccc(OC(=O)c3cccs3)cc21. The zero-order valence-corrected chi connectivity index (χ0v) is 13.3. The van der Waals surface area contributed by atoms with Gasteiger partial charge in [0.25, 0.3) is 0 Å². The predicted octanol–water partition coefficient (Wildman–Crippen LogP) is 4.67. The van der Waals surface area contributed by atoms with Crippen molar-refractivity contribution in [3.05, 3.63) is 46.2 Å². The number of hydrogen-bond donors (Lipinski definition) is 1. The number of hydrogen-bond acceptors (Lipinski definition) is 4. The molecule has 0 radical (unpaired) electrons. The van der Waals surface area contributed by atoms with Gasteiger partial charge in [-0.3, -0.25) is 0 Å². The molecule has 3 nitrogen and oxygen atoms in total. The first-order chi connectivity index (χ1) is 9.94. The molecule has 0 amide bonds. The third kappa shape index (κ3) is 2.95. The van der Waals surface area contributed by atoms with E-state index in [4.69, 9.17) is 4.74 Å². The maximum atomic E-state index is 12.0. The summed E-state index contributed by atoms with van der Waals surface area (Å²) in [7, 11) is 0. The molecule has 1 aliphatic rings. The summed E-state index contributed by atoms with van der Waals surface area (Å²) in [6.07, 6.45) is 1.06. The van der Waals surface area contributed by atoms with Crippen molar-refractivity contribution in [2.24, 2.45) is 0 Å². The molecule has 0 fully saturated rings. The normalized spacial score (nSPS) is 19.5. The van der Waals surface area contributed by atoms with Gasteiger partial charge in [-0.2, -0.15) is 0 Å². The monoisotopic (exact) mass is 301 g/mol. The fourth-order valence-electron chi connectivity index (χ4n) is 2.97. The number of carbonyl (C=O) groups excluding carboxylic acids is 1. The van der Waals surface area contributed by atoms with E-state index < -0.39 is 0 Å². The zero-order chi connectivity index (χ0) is 15.0. The van der Waals surface area contributed by atoms with Gasteiger partial charge in [-0.25, -0.2) is 4.79 Å². The van der Waals surface area contributed by atoms with Crippen molar-refractivity contribution in [3.63, 3.8) is 0 Å². The lowest BCUT2D eigenvalue weighted by Crippen LogP contribution is -2.36. The standard InChI is InChI=1S/C17H19NO2S/c1-11-10-17(2,3)18-14-7-6-12(9-13(11)14)20-16(19)15-5-4-8-21-15/h4-9,11,18H,10H2,1-3H3/t11-/m0/s1. The van der Waals surface area contributed by atoms with Crippen LogP contribution < -0.4 is 10.1 Å². The van der Waals surface area contributed by atoms with Crippen molar-refractivity contribution < 1.29 is 9.53 Å². The lowest BCUT2D eigenvalue weighted by atomic mass is 9.82. The third-order valence-corrected chi connectivity index (χ3v) is 4.63. The van der Waals surface area contributed by atoms with Gasteiger partial charge in [0, 0.05) is 11.2 Å². The fourth-order valence-corrected chi connectivity index (χ4v) is 3.57. The maximum absolute atomic E-state index is 12.0. The minimum Gasteiger partial charge on any atom is -0.422 e. The number of rotatable bonds is 2. The summed E-state index contributed by atoms with van der Waals surface area (Å²) >= 11 is 1.39. The molecule has 21 heavy (non-hydrogen) atoms. The molecule has 1 aromatic heterocycles. The summed E-state index contributed by atoms with van der Waals surface area (Å²) in [5.41, 5.74) is 2.45. The largest absolute Gasteiger partial charge is 0.422 e. The highest BCUT2D eigenvalue weighted by Crippen LogP contribution is 2.40.